The molecule has 1 heterocycles. The number of H-pyrrole nitrogens is 1. The van der Waals surface area contributed by atoms with Gasteiger partial charge in [0.25, 0.3) is 5.91 Å². The molecule has 0 aliphatic rings. The Hall–Kier alpha value is -3.17. The van der Waals surface area contributed by atoms with Crippen molar-refractivity contribution in [2.24, 2.45) is 5.14 Å². The van der Waals surface area contributed by atoms with Gasteiger partial charge in [-0.2, -0.15) is 5.10 Å². The zero-order valence-electron chi connectivity index (χ0n) is 15.1. The van der Waals surface area contributed by atoms with Crippen LogP contribution in [0, 0.1) is 6.92 Å². The molecule has 0 aliphatic heterocycles. The highest BCUT2D eigenvalue weighted by Crippen LogP contribution is 2.28. The molecular formula is C19H20N4O4S. The van der Waals surface area contributed by atoms with Crippen molar-refractivity contribution in [1.29, 1.82) is 0 Å². The van der Waals surface area contributed by atoms with Crippen molar-refractivity contribution in [3.8, 4) is 17.0 Å². The highest BCUT2D eigenvalue weighted by atomic mass is 32.2. The number of nitrogens with two attached hydrogens (primary N) is 1. The molecule has 0 unspecified atom stereocenters. The van der Waals surface area contributed by atoms with Crippen LogP contribution in [0.2, 0.25) is 0 Å². The molecule has 0 saturated heterocycles. The smallest absolute Gasteiger partial charge is 0.269 e. The first-order valence-corrected chi connectivity index (χ1v) is 10.0. The monoisotopic (exact) mass is 400 g/mol. The van der Waals surface area contributed by atoms with Crippen LogP contribution in [0.5, 0.6) is 5.75 Å². The quantitative estimate of drug-likeness (QED) is 0.499. The lowest BCUT2D eigenvalue weighted by atomic mass is 10.1. The Kier molecular flexibility index (Phi) is 5.48. The molecule has 0 atom stereocenters. The maximum Gasteiger partial charge on any atom is 0.269 e. The molecule has 0 saturated carbocycles. The molecular weight excluding hydrogens is 380 g/mol. The van der Waals surface area contributed by atoms with Gasteiger partial charge in [0.15, 0.2) is 0 Å². The van der Waals surface area contributed by atoms with E-state index in [1.165, 1.54) is 12.1 Å². The van der Waals surface area contributed by atoms with Crippen LogP contribution >= 0.6 is 0 Å². The molecule has 0 radical (unpaired) electrons. The zero-order chi connectivity index (χ0) is 20.3. The first-order chi connectivity index (χ1) is 13.2. The summed E-state index contributed by atoms with van der Waals surface area (Å²) in [6.07, 6.45) is 0.524. The average molecular weight is 400 g/mol. The Morgan fingerprint density at radius 2 is 1.89 bits per heavy atom. The van der Waals surface area contributed by atoms with Crippen molar-refractivity contribution in [2.75, 3.05) is 6.54 Å². The molecule has 0 bridgehead atoms. The van der Waals surface area contributed by atoms with E-state index in [1.54, 1.807) is 36.4 Å². The van der Waals surface area contributed by atoms with Gasteiger partial charge in [-0.3, -0.25) is 9.89 Å². The van der Waals surface area contributed by atoms with Gasteiger partial charge in [0.2, 0.25) is 10.0 Å². The average Bonchev–Trinajstić information content (AvgIpc) is 3.13. The van der Waals surface area contributed by atoms with E-state index in [9.17, 15) is 18.3 Å². The fraction of sp³-hybridized carbons (Fsp3) is 0.158. The maximum absolute atomic E-state index is 12.3. The van der Waals surface area contributed by atoms with Crippen LogP contribution in [0.25, 0.3) is 11.3 Å². The molecule has 2 aromatic carbocycles. The second-order valence-electron chi connectivity index (χ2n) is 6.38. The van der Waals surface area contributed by atoms with Crippen LogP contribution in [0.3, 0.4) is 0 Å². The number of carbonyl (C=O) groups excluding carboxylic acids is 1. The normalized spacial score (nSPS) is 11.4. The number of rotatable bonds is 6. The van der Waals surface area contributed by atoms with E-state index < -0.39 is 10.0 Å². The number of aromatic amines is 1. The molecule has 8 nitrogen and oxygen atoms in total. The molecule has 9 heteroatoms. The number of hydrogen-bond donors (Lipinski definition) is 4. The first-order valence-electron chi connectivity index (χ1n) is 8.49. The highest BCUT2D eigenvalue weighted by Gasteiger charge is 2.13. The summed E-state index contributed by atoms with van der Waals surface area (Å²) in [7, 11) is -3.71. The number of nitrogens with one attached hydrogen (secondary N) is 2. The van der Waals surface area contributed by atoms with Gasteiger partial charge in [-0.25, -0.2) is 13.6 Å². The summed E-state index contributed by atoms with van der Waals surface area (Å²) in [6, 6.07) is 12.9. The lowest BCUT2D eigenvalue weighted by Crippen LogP contribution is -2.26. The van der Waals surface area contributed by atoms with Gasteiger partial charge >= 0.3 is 0 Å². The van der Waals surface area contributed by atoms with Crippen molar-refractivity contribution >= 4 is 15.9 Å². The molecule has 146 valence electrons. The lowest BCUT2D eigenvalue weighted by molar-refractivity contribution is 0.0949. The summed E-state index contributed by atoms with van der Waals surface area (Å²) in [5, 5.41) is 24.6. The Bertz CT molecular complexity index is 1110. The molecule has 5 N–H and O–H groups in total. The number of nitrogens with zero attached hydrogens (tertiary/aromatic N) is 1. The minimum atomic E-state index is -3.71. The van der Waals surface area contributed by atoms with Crippen LogP contribution < -0.4 is 10.5 Å². The number of carbonyl (C=O) groups is 1. The van der Waals surface area contributed by atoms with Gasteiger partial charge in [0, 0.05) is 12.1 Å². The fourth-order valence-electron chi connectivity index (χ4n) is 2.69. The number of aromatic hydroxyl groups is 1. The zero-order valence-corrected chi connectivity index (χ0v) is 16.0. The topological polar surface area (TPSA) is 138 Å². The van der Waals surface area contributed by atoms with Crippen molar-refractivity contribution in [2.45, 2.75) is 18.2 Å². The number of benzene rings is 2. The summed E-state index contributed by atoms with van der Waals surface area (Å²) in [4.78, 5) is 12.3. The van der Waals surface area contributed by atoms with Gasteiger partial charge in [0.05, 0.1) is 10.6 Å². The highest BCUT2D eigenvalue weighted by molar-refractivity contribution is 7.89. The summed E-state index contributed by atoms with van der Waals surface area (Å²) in [5.74, 6) is -0.237. The molecule has 0 aliphatic carbocycles. The van der Waals surface area contributed by atoms with Crippen molar-refractivity contribution < 1.29 is 18.3 Å². The molecule has 1 amide bonds. The Morgan fingerprint density at radius 1 is 1.18 bits per heavy atom. The van der Waals surface area contributed by atoms with Crippen molar-refractivity contribution in [3.63, 3.8) is 0 Å². The van der Waals surface area contributed by atoms with Crippen LogP contribution in [0.15, 0.2) is 53.4 Å². The van der Waals surface area contributed by atoms with Gasteiger partial charge in [-0.05, 0) is 49.2 Å². The summed E-state index contributed by atoms with van der Waals surface area (Å²) < 4.78 is 22.5. The molecule has 0 spiro atoms. The van der Waals surface area contributed by atoms with E-state index in [1.807, 2.05) is 6.92 Å². The lowest BCUT2D eigenvalue weighted by Gasteiger charge is -2.05. The SMILES string of the molecule is Cc1ccc(O)c(-c2cc(C(=O)NCCc3ccc(S(N)(=O)=O)cc3)[nH]n2)c1. The Morgan fingerprint density at radius 3 is 2.57 bits per heavy atom. The third kappa shape index (κ3) is 4.56. The number of phenols is 1. The van der Waals surface area contributed by atoms with Crippen molar-refractivity contribution in [3.05, 3.63) is 65.4 Å². The summed E-state index contributed by atoms with van der Waals surface area (Å²) >= 11 is 0. The number of hydrogen-bond acceptors (Lipinski definition) is 5. The molecule has 0 fully saturated rings. The maximum atomic E-state index is 12.3. The van der Waals surface area contributed by atoms with E-state index >= 15 is 0 Å². The number of aromatic nitrogens is 2. The minimum absolute atomic E-state index is 0.0460. The molecule has 1 aromatic heterocycles. The Balaban J connectivity index is 1.60. The second-order valence-corrected chi connectivity index (χ2v) is 7.94. The van der Waals surface area contributed by atoms with Crippen LogP contribution in [-0.4, -0.2) is 36.2 Å². The fourth-order valence-corrected chi connectivity index (χ4v) is 3.21. The first kappa shape index (κ1) is 19.6. The van der Waals surface area contributed by atoms with E-state index in [2.05, 4.69) is 15.5 Å². The standard InChI is InChI=1S/C19H20N4O4S/c1-12-2-7-18(24)15(10-12)16-11-17(23-22-16)19(25)21-9-8-13-3-5-14(6-4-13)28(20,26)27/h2-7,10-11,24H,8-9H2,1H3,(H,21,25)(H,22,23)(H2,20,26,27). The van der Waals surface area contributed by atoms with E-state index in [-0.39, 0.29) is 22.2 Å². The largest absolute Gasteiger partial charge is 0.507 e. The molecule has 3 rings (SSSR count). The van der Waals surface area contributed by atoms with Crippen molar-refractivity contribution in [1.82, 2.24) is 15.5 Å². The van der Waals surface area contributed by atoms with Crippen LogP contribution in [-0.2, 0) is 16.4 Å². The Labute approximate surface area is 162 Å². The number of amides is 1. The van der Waals surface area contributed by atoms with E-state index in [4.69, 9.17) is 5.14 Å². The molecule has 3 aromatic rings. The summed E-state index contributed by atoms with van der Waals surface area (Å²) in [6.45, 7) is 2.26. The van der Waals surface area contributed by atoms with Crippen LogP contribution in [0.4, 0.5) is 0 Å². The van der Waals surface area contributed by atoms with Gasteiger partial charge in [-0.1, -0.05) is 23.8 Å². The van der Waals surface area contributed by atoms with E-state index in [0.29, 0.717) is 24.2 Å². The van der Waals surface area contributed by atoms with Gasteiger partial charge in [0.1, 0.15) is 11.4 Å². The third-order valence-electron chi connectivity index (χ3n) is 4.20. The van der Waals surface area contributed by atoms with Crippen LogP contribution in [0.1, 0.15) is 21.6 Å². The number of phenolic OH excluding ortho intramolecular Hbond substituents is 1. The predicted molar refractivity (Wildman–Crippen MR) is 104 cm³/mol. The summed E-state index contributed by atoms with van der Waals surface area (Å²) in [5.41, 5.74) is 3.13. The number of aryl methyl sites for hydroxylation is 1. The van der Waals surface area contributed by atoms with E-state index in [0.717, 1.165) is 11.1 Å². The molecule has 28 heavy (non-hydrogen) atoms. The van der Waals surface area contributed by atoms with Gasteiger partial charge < -0.3 is 10.4 Å². The minimum Gasteiger partial charge on any atom is -0.507 e. The number of primary sulfonamides is 1. The van der Waals surface area contributed by atoms with Gasteiger partial charge in [-0.15, -0.1) is 0 Å². The predicted octanol–water partition coefficient (Wildman–Crippen LogP) is 1.71. The second kappa shape index (κ2) is 7.83. The third-order valence-corrected chi connectivity index (χ3v) is 5.13. The number of sulfonamides is 1.